The highest BCUT2D eigenvalue weighted by molar-refractivity contribution is 7.59. The van der Waals surface area contributed by atoms with Gasteiger partial charge in [-0.15, -0.1) is 0 Å². The summed E-state index contributed by atoms with van der Waals surface area (Å²) in [5, 5.41) is 9.50. The Morgan fingerprint density at radius 3 is 2.71 bits per heavy atom. The zero-order chi connectivity index (χ0) is 23.7. The van der Waals surface area contributed by atoms with Crippen LogP contribution in [-0.4, -0.2) is 62.3 Å². The van der Waals surface area contributed by atoms with E-state index in [1.165, 1.54) is 22.8 Å². The topological polar surface area (TPSA) is 100 Å². The molecule has 0 amide bonds. The Bertz CT molecular complexity index is 1320. The molecule has 12 heteroatoms. The fourth-order valence-electron chi connectivity index (χ4n) is 4.20. The van der Waals surface area contributed by atoms with E-state index in [9.17, 15) is 4.79 Å². The summed E-state index contributed by atoms with van der Waals surface area (Å²) < 4.78 is 13.9. The highest BCUT2D eigenvalue weighted by Crippen LogP contribution is 2.29. The lowest BCUT2D eigenvalue weighted by Gasteiger charge is -2.19. The van der Waals surface area contributed by atoms with Gasteiger partial charge < -0.3 is 14.4 Å². The summed E-state index contributed by atoms with van der Waals surface area (Å²) >= 11 is 6.02. The molecule has 10 nitrogen and oxygen atoms in total. The van der Waals surface area contributed by atoms with Crippen LogP contribution in [0.25, 0.3) is 17.0 Å². The molecule has 184 valence electrons. The van der Waals surface area contributed by atoms with Gasteiger partial charge in [-0.3, -0.25) is 4.68 Å². The molecule has 1 fully saturated rings. The first-order valence-corrected chi connectivity index (χ1v) is 11.4. The lowest BCUT2D eigenvalue weighted by molar-refractivity contribution is 0.0526. The molecule has 0 unspecified atom stereocenters. The van der Waals surface area contributed by atoms with Crippen molar-refractivity contribution in [2.75, 3.05) is 31.7 Å². The van der Waals surface area contributed by atoms with Crippen molar-refractivity contribution in [2.45, 2.75) is 19.9 Å². The third-order valence-corrected chi connectivity index (χ3v) is 6.10. The third-order valence-electron chi connectivity index (χ3n) is 5.85. The van der Waals surface area contributed by atoms with Gasteiger partial charge in [0.15, 0.2) is 0 Å². The summed E-state index contributed by atoms with van der Waals surface area (Å²) in [4.78, 5) is 23.4. The van der Waals surface area contributed by atoms with E-state index in [1.54, 1.807) is 20.2 Å². The molecule has 1 saturated heterocycles. The molecule has 0 aliphatic carbocycles. The summed E-state index contributed by atoms with van der Waals surface area (Å²) in [5.41, 5.74) is 2.87. The van der Waals surface area contributed by atoms with Crippen molar-refractivity contribution in [3.8, 4) is 11.8 Å². The van der Waals surface area contributed by atoms with E-state index in [0.717, 1.165) is 36.6 Å². The summed E-state index contributed by atoms with van der Waals surface area (Å²) in [5.74, 6) is 0.660. The molecule has 5 rings (SSSR count). The number of aromatic nitrogens is 6. The second-order valence-electron chi connectivity index (χ2n) is 8.06. The molecule has 0 bridgehead atoms. The minimum atomic E-state index is -0.446. The molecule has 3 aromatic heterocycles. The molecule has 1 aliphatic heterocycles. The summed E-state index contributed by atoms with van der Waals surface area (Å²) in [6.07, 6.45) is 5.71. The molecule has 0 N–H and O–H groups in total. The number of carbonyl (C=O) groups excluding carboxylic acids is 1. The highest BCUT2D eigenvalue weighted by atomic mass is 35.5. The van der Waals surface area contributed by atoms with E-state index in [1.807, 2.05) is 16.8 Å². The molecule has 1 aromatic carbocycles. The number of hydrogen-bond acceptors (Lipinski definition) is 8. The fraction of sp³-hybridized carbons (Fsp3) is 0.348. The minimum Gasteiger partial charge on any atom is -0.479 e. The van der Waals surface area contributed by atoms with E-state index in [2.05, 4.69) is 37.2 Å². The second kappa shape index (κ2) is 10.5. The number of hydrogen-bond donors (Lipinski definition) is 0. The molecule has 4 heterocycles. The molecular weight excluding hydrogens is 490 g/mol. The molecule has 35 heavy (non-hydrogen) atoms. The van der Waals surface area contributed by atoms with Crippen LogP contribution in [0, 0.1) is 5.92 Å². The van der Waals surface area contributed by atoms with Gasteiger partial charge in [0.1, 0.15) is 11.0 Å². The van der Waals surface area contributed by atoms with Crippen LogP contribution in [0.3, 0.4) is 0 Å². The van der Waals surface area contributed by atoms with Gasteiger partial charge in [0.25, 0.3) is 5.95 Å². The lowest BCUT2D eigenvalue weighted by Crippen LogP contribution is -2.21. The zero-order valence-corrected chi connectivity index (χ0v) is 21.1. The number of ether oxygens (including phenoxy) is 2. The second-order valence-corrected chi connectivity index (χ2v) is 8.50. The number of esters is 1. The van der Waals surface area contributed by atoms with Crippen LogP contribution < -0.4 is 9.64 Å². The van der Waals surface area contributed by atoms with Crippen LogP contribution in [0.1, 0.15) is 23.7 Å². The number of methoxy groups -OCH3 is 1. The zero-order valence-electron chi connectivity index (χ0n) is 19.4. The van der Waals surface area contributed by atoms with E-state index in [4.69, 9.17) is 21.1 Å². The molecule has 0 radical (unpaired) electrons. The number of carbonyl (C=O) groups is 1. The first kappa shape index (κ1) is 24.8. The van der Waals surface area contributed by atoms with Crippen molar-refractivity contribution < 1.29 is 14.3 Å². The molecule has 0 saturated carbocycles. The van der Waals surface area contributed by atoms with Crippen LogP contribution in [-0.2, 0) is 11.3 Å². The molecular formula is C23H26ClN7O3S. The van der Waals surface area contributed by atoms with Crippen molar-refractivity contribution >= 4 is 47.8 Å². The maximum atomic E-state index is 12.0. The van der Waals surface area contributed by atoms with Crippen molar-refractivity contribution in [2.24, 2.45) is 5.92 Å². The van der Waals surface area contributed by atoms with Crippen molar-refractivity contribution in [1.82, 2.24) is 29.5 Å². The summed E-state index contributed by atoms with van der Waals surface area (Å²) in [6.45, 7) is 4.67. The smallest absolute Gasteiger partial charge is 0.341 e. The van der Waals surface area contributed by atoms with Crippen LogP contribution in [0.5, 0.6) is 5.88 Å². The van der Waals surface area contributed by atoms with Gasteiger partial charge in [0.2, 0.25) is 5.88 Å². The maximum absolute atomic E-state index is 12.0. The van der Waals surface area contributed by atoms with Gasteiger partial charge in [0.05, 0.1) is 31.7 Å². The maximum Gasteiger partial charge on any atom is 0.341 e. The average molecular weight is 516 g/mol. The normalized spacial score (nSPS) is 15.3. The lowest BCUT2D eigenvalue weighted by atomic mass is 10.1. The Hall–Kier alpha value is -3.31. The molecule has 4 aromatic rings. The van der Waals surface area contributed by atoms with Gasteiger partial charge in [0, 0.05) is 36.5 Å². The Kier molecular flexibility index (Phi) is 7.46. The Labute approximate surface area is 214 Å². The summed E-state index contributed by atoms with van der Waals surface area (Å²) in [7, 11) is 1.56. The average Bonchev–Trinajstić information content (AvgIpc) is 3.60. The van der Waals surface area contributed by atoms with Gasteiger partial charge in [-0.2, -0.15) is 28.7 Å². The quantitative estimate of drug-likeness (QED) is 0.345. The van der Waals surface area contributed by atoms with E-state index >= 15 is 0 Å². The predicted molar refractivity (Wildman–Crippen MR) is 137 cm³/mol. The Balaban J connectivity index is 0.00000289. The van der Waals surface area contributed by atoms with Gasteiger partial charge in [-0.05, 0) is 43.5 Å². The van der Waals surface area contributed by atoms with Crippen LogP contribution >= 0.6 is 25.1 Å². The van der Waals surface area contributed by atoms with Gasteiger partial charge in [-0.25, -0.2) is 14.5 Å². The number of nitrogens with zero attached hydrogens (tertiary/aromatic N) is 7. The van der Waals surface area contributed by atoms with E-state index in [0.29, 0.717) is 22.9 Å². The number of benzene rings is 1. The Morgan fingerprint density at radius 2 is 1.97 bits per heavy atom. The molecule has 1 aliphatic rings. The first-order chi connectivity index (χ1) is 16.6. The van der Waals surface area contributed by atoms with Crippen LogP contribution in [0.2, 0.25) is 5.02 Å². The third kappa shape index (κ3) is 5.06. The van der Waals surface area contributed by atoms with Gasteiger partial charge in [-0.1, -0.05) is 11.6 Å². The molecule has 0 spiro atoms. The van der Waals surface area contributed by atoms with Crippen molar-refractivity contribution in [3.63, 3.8) is 0 Å². The Morgan fingerprint density at radius 1 is 1.17 bits per heavy atom. The number of rotatable bonds is 7. The monoisotopic (exact) mass is 515 g/mol. The summed E-state index contributed by atoms with van der Waals surface area (Å²) in [6, 6.07) is 7.94. The van der Waals surface area contributed by atoms with Crippen molar-refractivity contribution in [1.29, 1.82) is 0 Å². The van der Waals surface area contributed by atoms with E-state index in [-0.39, 0.29) is 26.1 Å². The minimum absolute atomic E-state index is 0. The highest BCUT2D eigenvalue weighted by Gasteiger charge is 2.25. The first-order valence-electron chi connectivity index (χ1n) is 11.1. The number of halogens is 1. The predicted octanol–water partition coefficient (Wildman–Crippen LogP) is 3.49. The van der Waals surface area contributed by atoms with Crippen molar-refractivity contribution in [3.05, 3.63) is 53.4 Å². The number of anilines is 1. The standard InChI is InChI=1S/C23H24ClN7O3.H2S/c1-3-34-22(32)16-10-25-31(14-16)23-27-19-11-26-30(20(19)21(28-23)33-2)13-15-8-9-29(12-15)18-6-4-17(24)5-7-18;/h4-7,10-11,14-15H,3,8-9,12-13H2,1-2H3;1H2/t15-;/m0./s1. The fourth-order valence-corrected chi connectivity index (χ4v) is 4.33. The van der Waals surface area contributed by atoms with Crippen LogP contribution in [0.4, 0.5) is 5.69 Å². The SMILES string of the molecule is CCOC(=O)c1cnn(-c2nc(OC)c3c(cnn3C[C@H]3CCN(c4ccc(Cl)cc4)C3)n2)c1.S. The van der Waals surface area contributed by atoms with Crippen LogP contribution in [0.15, 0.2) is 42.9 Å². The largest absolute Gasteiger partial charge is 0.479 e. The van der Waals surface area contributed by atoms with Gasteiger partial charge >= 0.3 is 5.97 Å². The van der Waals surface area contributed by atoms with E-state index < -0.39 is 5.97 Å². The molecule has 1 atom stereocenters. The number of fused-ring (bicyclic) bond motifs is 1.